The molecule has 0 atom stereocenters. The Morgan fingerprint density at radius 2 is 1.75 bits per heavy atom. The van der Waals surface area contributed by atoms with Crippen molar-refractivity contribution in [3.8, 4) is 17.2 Å². The molecule has 1 heterocycles. The second kappa shape index (κ2) is 9.12. The summed E-state index contributed by atoms with van der Waals surface area (Å²) in [6.07, 6.45) is 0. The van der Waals surface area contributed by atoms with E-state index in [9.17, 15) is 9.59 Å². The molecule has 0 radical (unpaired) electrons. The molecular formula is C21H23NO6. The molecule has 7 nitrogen and oxygen atoms in total. The molecular weight excluding hydrogens is 362 g/mol. The number of fused-ring (bicyclic) bond motifs is 1. The Balaban J connectivity index is 1.50. The van der Waals surface area contributed by atoms with Crippen molar-refractivity contribution in [2.24, 2.45) is 0 Å². The standard InChI is InChI=1S/C21H23NO6/c1-3-25-17-7-4-15(5-8-17)13-22(2)20(23)14-28-21(24)16-6-9-18-19(12-16)27-11-10-26-18/h4-9,12H,3,10-11,13-14H2,1-2H3. The zero-order valence-electron chi connectivity index (χ0n) is 16.0. The number of nitrogens with zero attached hydrogens (tertiary/aromatic N) is 1. The first-order chi connectivity index (χ1) is 13.6. The van der Waals surface area contributed by atoms with Crippen LogP contribution in [0.4, 0.5) is 0 Å². The Bertz CT molecular complexity index is 833. The van der Waals surface area contributed by atoms with Crippen LogP contribution >= 0.6 is 0 Å². The summed E-state index contributed by atoms with van der Waals surface area (Å²) in [5.74, 6) is 1.00. The van der Waals surface area contributed by atoms with Crippen molar-refractivity contribution in [3.05, 3.63) is 53.6 Å². The average Bonchev–Trinajstić information content (AvgIpc) is 2.73. The van der Waals surface area contributed by atoms with Crippen LogP contribution in [0.2, 0.25) is 0 Å². The third-order valence-corrected chi connectivity index (χ3v) is 4.18. The molecule has 0 N–H and O–H groups in total. The lowest BCUT2D eigenvalue weighted by atomic mass is 10.2. The number of likely N-dealkylation sites (N-methyl/N-ethyl adjacent to an activating group) is 1. The molecule has 28 heavy (non-hydrogen) atoms. The average molecular weight is 385 g/mol. The van der Waals surface area contributed by atoms with Crippen molar-refractivity contribution in [1.82, 2.24) is 4.90 Å². The summed E-state index contributed by atoms with van der Waals surface area (Å²) in [6, 6.07) is 12.3. The summed E-state index contributed by atoms with van der Waals surface area (Å²) in [7, 11) is 1.66. The van der Waals surface area contributed by atoms with Gasteiger partial charge in [-0.25, -0.2) is 4.79 Å². The minimum atomic E-state index is -0.584. The monoisotopic (exact) mass is 385 g/mol. The summed E-state index contributed by atoms with van der Waals surface area (Å²) in [5, 5.41) is 0. The summed E-state index contributed by atoms with van der Waals surface area (Å²) in [5.41, 5.74) is 1.27. The van der Waals surface area contributed by atoms with Gasteiger partial charge in [0.05, 0.1) is 12.2 Å². The first-order valence-electron chi connectivity index (χ1n) is 9.09. The minimum Gasteiger partial charge on any atom is -0.494 e. The molecule has 3 rings (SSSR count). The predicted octanol–water partition coefficient (Wildman–Crippen LogP) is 2.67. The van der Waals surface area contributed by atoms with Crippen molar-refractivity contribution in [2.75, 3.05) is 33.5 Å². The zero-order chi connectivity index (χ0) is 19.9. The third kappa shape index (κ3) is 4.94. The molecule has 0 saturated carbocycles. The van der Waals surface area contributed by atoms with Crippen LogP contribution in [0.1, 0.15) is 22.8 Å². The fourth-order valence-corrected chi connectivity index (χ4v) is 2.71. The molecule has 0 bridgehead atoms. The number of esters is 1. The smallest absolute Gasteiger partial charge is 0.338 e. The Morgan fingerprint density at radius 1 is 1.04 bits per heavy atom. The van der Waals surface area contributed by atoms with Gasteiger partial charge >= 0.3 is 5.97 Å². The molecule has 0 saturated heterocycles. The SMILES string of the molecule is CCOc1ccc(CN(C)C(=O)COC(=O)c2ccc3c(c2)OCCO3)cc1. The van der Waals surface area contributed by atoms with Gasteiger partial charge in [0.15, 0.2) is 18.1 Å². The maximum Gasteiger partial charge on any atom is 0.338 e. The molecule has 0 fully saturated rings. The fourth-order valence-electron chi connectivity index (χ4n) is 2.71. The Morgan fingerprint density at radius 3 is 2.46 bits per heavy atom. The molecule has 0 unspecified atom stereocenters. The molecule has 148 valence electrons. The van der Waals surface area contributed by atoms with Crippen LogP contribution in [-0.2, 0) is 16.1 Å². The minimum absolute atomic E-state index is 0.292. The van der Waals surface area contributed by atoms with E-state index in [1.54, 1.807) is 25.2 Å². The maximum absolute atomic E-state index is 12.3. The lowest BCUT2D eigenvalue weighted by Gasteiger charge is -2.19. The van der Waals surface area contributed by atoms with Crippen LogP contribution in [0, 0.1) is 0 Å². The van der Waals surface area contributed by atoms with E-state index >= 15 is 0 Å². The van der Waals surface area contributed by atoms with Gasteiger partial charge in [-0.15, -0.1) is 0 Å². The second-order valence-corrected chi connectivity index (χ2v) is 6.26. The zero-order valence-corrected chi connectivity index (χ0v) is 16.0. The van der Waals surface area contributed by atoms with Crippen LogP contribution in [0.25, 0.3) is 0 Å². The number of benzene rings is 2. The summed E-state index contributed by atoms with van der Waals surface area (Å²) in [6.45, 7) is 3.51. The Kier molecular flexibility index (Phi) is 6.37. The highest BCUT2D eigenvalue weighted by Crippen LogP contribution is 2.30. The first-order valence-corrected chi connectivity index (χ1v) is 9.09. The number of hydrogen-bond donors (Lipinski definition) is 0. The Hall–Kier alpha value is -3.22. The second-order valence-electron chi connectivity index (χ2n) is 6.26. The van der Waals surface area contributed by atoms with E-state index in [0.29, 0.717) is 43.4 Å². The topological polar surface area (TPSA) is 74.3 Å². The van der Waals surface area contributed by atoms with E-state index in [2.05, 4.69) is 0 Å². The van der Waals surface area contributed by atoms with Gasteiger partial charge in [-0.3, -0.25) is 4.79 Å². The van der Waals surface area contributed by atoms with Gasteiger partial charge < -0.3 is 23.8 Å². The van der Waals surface area contributed by atoms with Crippen LogP contribution in [0.5, 0.6) is 17.2 Å². The fraction of sp³-hybridized carbons (Fsp3) is 0.333. The third-order valence-electron chi connectivity index (χ3n) is 4.18. The summed E-state index contributed by atoms with van der Waals surface area (Å²) in [4.78, 5) is 26.0. The first kappa shape index (κ1) is 19.5. The largest absolute Gasteiger partial charge is 0.494 e. The lowest BCUT2D eigenvalue weighted by Crippen LogP contribution is -2.30. The lowest BCUT2D eigenvalue weighted by molar-refractivity contribution is -0.133. The normalized spacial score (nSPS) is 12.2. The van der Waals surface area contributed by atoms with Crippen LogP contribution in [-0.4, -0.2) is 50.3 Å². The Labute approximate surface area is 163 Å². The van der Waals surface area contributed by atoms with Crippen LogP contribution in [0.15, 0.2) is 42.5 Å². The van der Waals surface area contributed by atoms with E-state index in [1.807, 2.05) is 31.2 Å². The number of rotatable bonds is 7. The predicted molar refractivity (Wildman–Crippen MR) is 102 cm³/mol. The number of amides is 1. The van der Waals surface area contributed by atoms with E-state index in [-0.39, 0.29) is 12.5 Å². The van der Waals surface area contributed by atoms with Gasteiger partial charge in [-0.05, 0) is 42.8 Å². The van der Waals surface area contributed by atoms with Gasteiger partial charge in [0.25, 0.3) is 5.91 Å². The highest BCUT2D eigenvalue weighted by molar-refractivity contribution is 5.92. The molecule has 0 spiro atoms. The number of carbonyl (C=O) groups excluding carboxylic acids is 2. The molecule has 0 aliphatic carbocycles. The summed E-state index contributed by atoms with van der Waals surface area (Å²) < 4.78 is 21.4. The highest BCUT2D eigenvalue weighted by atomic mass is 16.6. The molecule has 1 aliphatic rings. The van der Waals surface area contributed by atoms with E-state index in [4.69, 9.17) is 18.9 Å². The van der Waals surface area contributed by atoms with Gasteiger partial charge in [0.2, 0.25) is 0 Å². The van der Waals surface area contributed by atoms with E-state index in [1.165, 1.54) is 4.90 Å². The maximum atomic E-state index is 12.3. The summed E-state index contributed by atoms with van der Waals surface area (Å²) >= 11 is 0. The van der Waals surface area contributed by atoms with Gasteiger partial charge in [0, 0.05) is 13.6 Å². The van der Waals surface area contributed by atoms with Gasteiger partial charge in [-0.1, -0.05) is 12.1 Å². The van der Waals surface area contributed by atoms with Gasteiger partial charge in [0.1, 0.15) is 19.0 Å². The quantitative estimate of drug-likeness (QED) is 0.682. The number of ether oxygens (including phenoxy) is 4. The van der Waals surface area contributed by atoms with E-state index < -0.39 is 5.97 Å². The number of hydrogen-bond acceptors (Lipinski definition) is 6. The molecule has 0 aromatic heterocycles. The van der Waals surface area contributed by atoms with Gasteiger partial charge in [-0.2, -0.15) is 0 Å². The molecule has 1 aliphatic heterocycles. The highest BCUT2D eigenvalue weighted by Gasteiger charge is 2.18. The molecule has 2 aromatic rings. The number of carbonyl (C=O) groups is 2. The van der Waals surface area contributed by atoms with E-state index in [0.717, 1.165) is 11.3 Å². The van der Waals surface area contributed by atoms with Crippen molar-refractivity contribution in [3.63, 3.8) is 0 Å². The molecule has 1 amide bonds. The van der Waals surface area contributed by atoms with Crippen molar-refractivity contribution < 1.29 is 28.5 Å². The molecule has 7 heteroatoms. The molecule has 2 aromatic carbocycles. The van der Waals surface area contributed by atoms with Crippen LogP contribution < -0.4 is 14.2 Å². The van der Waals surface area contributed by atoms with Crippen molar-refractivity contribution >= 4 is 11.9 Å². The van der Waals surface area contributed by atoms with Crippen molar-refractivity contribution in [1.29, 1.82) is 0 Å². The van der Waals surface area contributed by atoms with Crippen molar-refractivity contribution in [2.45, 2.75) is 13.5 Å². The van der Waals surface area contributed by atoms with Crippen LogP contribution in [0.3, 0.4) is 0 Å².